The third-order valence-corrected chi connectivity index (χ3v) is 6.67. The van der Waals surface area contributed by atoms with Crippen molar-refractivity contribution in [3.63, 3.8) is 0 Å². The van der Waals surface area contributed by atoms with Gasteiger partial charge in [0.25, 0.3) is 0 Å². The first kappa shape index (κ1) is 19.8. The molecule has 0 fully saturated rings. The van der Waals surface area contributed by atoms with E-state index in [0.717, 1.165) is 21.7 Å². The zero-order valence-corrected chi connectivity index (χ0v) is 18.8. The average Bonchev–Trinajstić information content (AvgIpc) is 2.88. The van der Waals surface area contributed by atoms with Crippen LogP contribution >= 0.6 is 11.6 Å². The summed E-state index contributed by atoms with van der Waals surface area (Å²) in [7, 11) is 0. The summed E-state index contributed by atoms with van der Waals surface area (Å²) in [6.07, 6.45) is 0. The maximum atomic E-state index is 6.89. The first-order chi connectivity index (χ1) is 16.3. The lowest BCUT2D eigenvalue weighted by molar-refractivity contribution is 1.60. The highest BCUT2D eigenvalue weighted by atomic mass is 35.5. The molecule has 0 bridgehead atoms. The fourth-order valence-electron chi connectivity index (χ4n) is 4.78. The highest BCUT2D eigenvalue weighted by molar-refractivity contribution is 6.34. The molecule has 1 heteroatoms. The summed E-state index contributed by atoms with van der Waals surface area (Å²) in [5.41, 5.74) is 6.99. The molecule has 0 nitrogen and oxygen atoms in total. The molecule has 6 rings (SSSR count). The third kappa shape index (κ3) is 3.50. The lowest BCUT2D eigenvalue weighted by Crippen LogP contribution is -1.90. The molecule has 0 aliphatic carbocycles. The molecule has 0 saturated heterocycles. The van der Waals surface area contributed by atoms with Crippen LogP contribution in [0.25, 0.3) is 54.9 Å². The molecule has 33 heavy (non-hydrogen) atoms. The molecule has 0 amide bonds. The van der Waals surface area contributed by atoms with Crippen LogP contribution in [0.4, 0.5) is 0 Å². The number of fused-ring (bicyclic) bond motifs is 2. The van der Waals surface area contributed by atoms with Crippen molar-refractivity contribution in [2.45, 2.75) is 0 Å². The number of rotatable bonds is 3. The van der Waals surface area contributed by atoms with Crippen LogP contribution in [-0.2, 0) is 0 Å². The molecule has 0 unspecified atom stereocenters. The van der Waals surface area contributed by atoms with Crippen molar-refractivity contribution in [2.24, 2.45) is 0 Å². The molecular weight excluding hydrogens is 420 g/mol. The van der Waals surface area contributed by atoms with Crippen molar-refractivity contribution in [1.29, 1.82) is 0 Å². The van der Waals surface area contributed by atoms with Gasteiger partial charge in [-0.05, 0) is 61.5 Å². The second-order valence-electron chi connectivity index (χ2n) is 8.30. The summed E-state index contributed by atoms with van der Waals surface area (Å²) >= 11 is 6.89. The Balaban J connectivity index is 1.61. The van der Waals surface area contributed by atoms with Crippen LogP contribution in [0.1, 0.15) is 0 Å². The monoisotopic (exact) mass is 440 g/mol. The maximum Gasteiger partial charge on any atom is 0.0490 e. The highest BCUT2D eigenvalue weighted by Gasteiger charge is 2.16. The van der Waals surface area contributed by atoms with E-state index in [9.17, 15) is 0 Å². The number of hydrogen-bond donors (Lipinski definition) is 0. The average molecular weight is 441 g/mol. The van der Waals surface area contributed by atoms with Gasteiger partial charge in [0.15, 0.2) is 0 Å². The fourth-order valence-corrected chi connectivity index (χ4v) is 5.06. The summed E-state index contributed by atoms with van der Waals surface area (Å²) in [5.74, 6) is 0. The molecule has 0 aromatic heterocycles. The Hall–Kier alpha value is -3.87. The van der Waals surface area contributed by atoms with Gasteiger partial charge in [-0.25, -0.2) is 0 Å². The van der Waals surface area contributed by atoms with Gasteiger partial charge in [-0.3, -0.25) is 0 Å². The van der Waals surface area contributed by atoms with Gasteiger partial charge in [0, 0.05) is 10.6 Å². The summed E-state index contributed by atoms with van der Waals surface area (Å²) < 4.78 is 0. The fraction of sp³-hybridized carbons (Fsp3) is 0. The number of benzene rings is 6. The van der Waals surface area contributed by atoms with Gasteiger partial charge in [-0.1, -0.05) is 127 Å². The standard InChI is InChI=1S/C32H21Cl/c33-31-16-8-15-27(25-18-17-22-9-4-5-12-24(22)21-25)32(31)30-20-19-26(23-10-2-1-3-11-23)28-13-6-7-14-29(28)30/h1-21H. The van der Waals surface area contributed by atoms with Crippen molar-refractivity contribution < 1.29 is 0 Å². The van der Waals surface area contributed by atoms with Gasteiger partial charge < -0.3 is 0 Å². The zero-order chi connectivity index (χ0) is 22.2. The molecule has 0 aliphatic heterocycles. The summed E-state index contributed by atoms with van der Waals surface area (Å²) in [6, 6.07) is 44.9. The maximum absolute atomic E-state index is 6.89. The first-order valence-electron chi connectivity index (χ1n) is 11.1. The lowest BCUT2D eigenvalue weighted by atomic mass is 9.88. The van der Waals surface area contributed by atoms with Crippen LogP contribution in [-0.4, -0.2) is 0 Å². The van der Waals surface area contributed by atoms with Gasteiger partial charge in [0.2, 0.25) is 0 Å². The minimum absolute atomic E-state index is 0.762. The molecule has 0 atom stereocenters. The second kappa shape index (κ2) is 8.24. The Kier molecular flexibility index (Phi) is 4.94. The van der Waals surface area contributed by atoms with Gasteiger partial charge in [0.1, 0.15) is 0 Å². The minimum Gasteiger partial charge on any atom is -0.0836 e. The van der Waals surface area contributed by atoms with Crippen molar-refractivity contribution in [3.8, 4) is 33.4 Å². The van der Waals surface area contributed by atoms with E-state index in [1.807, 2.05) is 12.1 Å². The first-order valence-corrected chi connectivity index (χ1v) is 11.5. The molecule has 0 aliphatic rings. The third-order valence-electron chi connectivity index (χ3n) is 6.35. The smallest absolute Gasteiger partial charge is 0.0490 e. The van der Waals surface area contributed by atoms with Gasteiger partial charge in [0.05, 0.1) is 0 Å². The Morgan fingerprint density at radius 2 is 1.06 bits per heavy atom. The van der Waals surface area contributed by atoms with Crippen LogP contribution in [0, 0.1) is 0 Å². The van der Waals surface area contributed by atoms with Crippen LogP contribution in [0.5, 0.6) is 0 Å². The Bertz CT molecular complexity index is 1610. The van der Waals surface area contributed by atoms with Gasteiger partial charge in [-0.2, -0.15) is 0 Å². The van der Waals surface area contributed by atoms with E-state index in [-0.39, 0.29) is 0 Å². The molecule has 0 heterocycles. The number of hydrogen-bond acceptors (Lipinski definition) is 0. The second-order valence-corrected chi connectivity index (χ2v) is 8.70. The van der Waals surface area contributed by atoms with Crippen molar-refractivity contribution in [1.82, 2.24) is 0 Å². The normalized spacial score (nSPS) is 11.2. The van der Waals surface area contributed by atoms with Gasteiger partial charge in [-0.15, -0.1) is 0 Å². The van der Waals surface area contributed by atoms with Crippen molar-refractivity contribution >= 4 is 33.1 Å². The molecule has 0 N–H and O–H groups in total. The van der Waals surface area contributed by atoms with Gasteiger partial charge >= 0.3 is 0 Å². The largest absolute Gasteiger partial charge is 0.0836 e. The molecule has 0 spiro atoms. The van der Waals surface area contributed by atoms with Crippen LogP contribution < -0.4 is 0 Å². The van der Waals surface area contributed by atoms with E-state index in [2.05, 4.69) is 115 Å². The SMILES string of the molecule is Clc1cccc(-c2ccc3ccccc3c2)c1-c1ccc(-c2ccccc2)c2ccccc12. The molecule has 156 valence electrons. The van der Waals surface area contributed by atoms with E-state index in [1.165, 1.54) is 38.2 Å². The Morgan fingerprint density at radius 1 is 0.394 bits per heavy atom. The van der Waals surface area contributed by atoms with Crippen molar-refractivity contribution in [3.05, 3.63) is 132 Å². The lowest BCUT2D eigenvalue weighted by Gasteiger charge is -2.17. The van der Waals surface area contributed by atoms with E-state index >= 15 is 0 Å². The zero-order valence-electron chi connectivity index (χ0n) is 18.0. The molecule has 6 aromatic rings. The Morgan fingerprint density at radius 3 is 1.88 bits per heavy atom. The predicted molar refractivity (Wildman–Crippen MR) is 143 cm³/mol. The predicted octanol–water partition coefficient (Wildman–Crippen LogP) is 9.65. The van der Waals surface area contributed by atoms with E-state index in [4.69, 9.17) is 11.6 Å². The summed E-state index contributed by atoms with van der Waals surface area (Å²) in [6.45, 7) is 0. The summed E-state index contributed by atoms with van der Waals surface area (Å²) in [4.78, 5) is 0. The van der Waals surface area contributed by atoms with E-state index in [0.29, 0.717) is 0 Å². The van der Waals surface area contributed by atoms with Crippen molar-refractivity contribution in [2.75, 3.05) is 0 Å². The quantitative estimate of drug-likeness (QED) is 0.257. The highest BCUT2D eigenvalue weighted by Crippen LogP contribution is 2.43. The molecular formula is C32H21Cl. The Labute approximate surface area is 198 Å². The molecule has 0 radical (unpaired) electrons. The molecule has 0 saturated carbocycles. The van der Waals surface area contributed by atoms with Crippen LogP contribution in [0.15, 0.2) is 127 Å². The number of halogens is 1. The van der Waals surface area contributed by atoms with Crippen LogP contribution in [0.2, 0.25) is 5.02 Å². The van der Waals surface area contributed by atoms with E-state index in [1.54, 1.807) is 0 Å². The summed E-state index contributed by atoms with van der Waals surface area (Å²) in [5, 5.41) is 5.66. The molecule has 6 aromatic carbocycles. The van der Waals surface area contributed by atoms with E-state index < -0.39 is 0 Å². The minimum atomic E-state index is 0.762. The van der Waals surface area contributed by atoms with Crippen LogP contribution in [0.3, 0.4) is 0 Å². The topological polar surface area (TPSA) is 0 Å².